The Labute approximate surface area is 130 Å². The summed E-state index contributed by atoms with van der Waals surface area (Å²) in [5.74, 6) is -0.472. The molecule has 0 atom stereocenters. The van der Waals surface area contributed by atoms with E-state index in [0.717, 1.165) is 0 Å². The number of aromatic nitrogens is 1. The second kappa shape index (κ2) is 6.99. The number of halogens is 3. The minimum Gasteiger partial charge on any atom is -0.481 e. The number of benzene rings is 1. The fraction of sp³-hybridized carbons (Fsp3) is 0.200. The number of pyridine rings is 1. The van der Waals surface area contributed by atoms with Gasteiger partial charge in [0.05, 0.1) is 12.7 Å². The number of hydrogen-bond acceptors (Lipinski definition) is 4. The zero-order chi connectivity index (χ0) is 16.9. The molecule has 0 aliphatic heterocycles. The van der Waals surface area contributed by atoms with Gasteiger partial charge in [-0.1, -0.05) is 18.2 Å². The fourth-order valence-electron chi connectivity index (χ4n) is 1.79. The van der Waals surface area contributed by atoms with Crippen molar-refractivity contribution in [3.05, 3.63) is 53.7 Å². The molecule has 0 aliphatic rings. The molecule has 0 spiro atoms. The number of para-hydroxylation sites is 1. The molecule has 0 radical (unpaired) electrons. The van der Waals surface area contributed by atoms with Crippen LogP contribution in [0, 0.1) is 0 Å². The molecule has 0 aliphatic carbocycles. The van der Waals surface area contributed by atoms with E-state index in [-0.39, 0.29) is 23.4 Å². The van der Waals surface area contributed by atoms with Crippen LogP contribution in [0.1, 0.15) is 15.9 Å². The van der Waals surface area contributed by atoms with Gasteiger partial charge in [0.1, 0.15) is 5.75 Å². The first kappa shape index (κ1) is 16.6. The lowest BCUT2D eigenvalue weighted by atomic mass is 10.2. The maximum absolute atomic E-state index is 12.3. The number of ether oxygens (including phenoxy) is 2. The highest BCUT2D eigenvalue weighted by Crippen LogP contribution is 2.26. The molecule has 0 bridgehead atoms. The smallest absolute Gasteiger partial charge is 0.481 e. The summed E-state index contributed by atoms with van der Waals surface area (Å²) in [5, 5.41) is 2.51. The summed E-state index contributed by atoms with van der Waals surface area (Å²) in [7, 11) is 1.44. The van der Waals surface area contributed by atoms with Gasteiger partial charge in [0.25, 0.3) is 5.91 Å². The highest BCUT2D eigenvalue weighted by molar-refractivity contribution is 5.93. The molecule has 1 aromatic heterocycles. The fourth-order valence-corrected chi connectivity index (χ4v) is 1.79. The highest BCUT2D eigenvalue weighted by Gasteiger charge is 2.31. The van der Waals surface area contributed by atoms with E-state index in [1.54, 1.807) is 6.07 Å². The highest BCUT2D eigenvalue weighted by atomic mass is 19.4. The van der Waals surface area contributed by atoms with Crippen molar-refractivity contribution in [3.8, 4) is 11.6 Å². The first-order chi connectivity index (χ1) is 10.9. The van der Waals surface area contributed by atoms with Gasteiger partial charge in [-0.15, -0.1) is 13.2 Å². The normalized spacial score (nSPS) is 11.0. The number of amides is 1. The van der Waals surface area contributed by atoms with Crippen molar-refractivity contribution in [2.24, 2.45) is 0 Å². The van der Waals surface area contributed by atoms with Gasteiger partial charge in [-0.2, -0.15) is 0 Å². The van der Waals surface area contributed by atoms with E-state index < -0.39 is 12.3 Å². The van der Waals surface area contributed by atoms with E-state index in [0.29, 0.717) is 5.88 Å². The Balaban J connectivity index is 2.04. The second-order valence-electron chi connectivity index (χ2n) is 4.43. The van der Waals surface area contributed by atoms with Crippen LogP contribution in [-0.2, 0) is 6.54 Å². The summed E-state index contributed by atoms with van der Waals surface area (Å²) >= 11 is 0. The van der Waals surface area contributed by atoms with Crippen LogP contribution in [0.4, 0.5) is 13.2 Å². The van der Waals surface area contributed by atoms with Crippen LogP contribution < -0.4 is 14.8 Å². The third-order valence-electron chi connectivity index (χ3n) is 2.85. The molecule has 1 N–H and O–H groups in total. The van der Waals surface area contributed by atoms with E-state index in [2.05, 4.69) is 15.0 Å². The predicted molar refractivity (Wildman–Crippen MR) is 75.1 cm³/mol. The zero-order valence-electron chi connectivity index (χ0n) is 12.1. The Morgan fingerprint density at radius 3 is 2.57 bits per heavy atom. The lowest BCUT2D eigenvalue weighted by molar-refractivity contribution is -0.274. The number of carbonyl (C=O) groups excluding carboxylic acids is 1. The third kappa shape index (κ3) is 4.87. The molecule has 23 heavy (non-hydrogen) atoms. The number of nitrogens with zero attached hydrogens (tertiary/aromatic N) is 1. The van der Waals surface area contributed by atoms with E-state index in [1.807, 2.05) is 0 Å². The van der Waals surface area contributed by atoms with E-state index in [4.69, 9.17) is 4.74 Å². The van der Waals surface area contributed by atoms with Crippen molar-refractivity contribution in [2.75, 3.05) is 7.11 Å². The SMILES string of the molecule is COc1ccc(C(=O)NCc2ccccc2OC(F)(F)F)cn1. The summed E-state index contributed by atoms with van der Waals surface area (Å²) in [6.45, 7) is -0.114. The minimum atomic E-state index is -4.79. The molecule has 5 nitrogen and oxygen atoms in total. The van der Waals surface area contributed by atoms with Crippen molar-refractivity contribution in [1.82, 2.24) is 10.3 Å². The molecule has 0 saturated carbocycles. The summed E-state index contributed by atoms with van der Waals surface area (Å²) < 4.78 is 45.8. The van der Waals surface area contributed by atoms with Crippen LogP contribution in [0.3, 0.4) is 0 Å². The molecule has 0 saturated heterocycles. The molecular formula is C15H13F3N2O3. The number of methoxy groups -OCH3 is 1. The molecule has 2 rings (SSSR count). The van der Waals surface area contributed by atoms with Gasteiger partial charge >= 0.3 is 6.36 Å². The molecule has 122 valence electrons. The van der Waals surface area contributed by atoms with Gasteiger partial charge in [0, 0.05) is 24.4 Å². The van der Waals surface area contributed by atoms with Crippen LogP contribution in [0.25, 0.3) is 0 Å². The Hall–Kier alpha value is -2.77. The molecule has 0 unspecified atom stereocenters. The van der Waals surface area contributed by atoms with E-state index >= 15 is 0 Å². The number of hydrogen-bond donors (Lipinski definition) is 1. The number of nitrogens with one attached hydrogen (secondary N) is 1. The first-order valence-electron chi connectivity index (χ1n) is 6.51. The largest absolute Gasteiger partial charge is 0.573 e. The van der Waals surface area contributed by atoms with E-state index in [9.17, 15) is 18.0 Å². The van der Waals surface area contributed by atoms with Crippen LogP contribution in [0.15, 0.2) is 42.6 Å². The molecule has 8 heteroatoms. The van der Waals surface area contributed by atoms with Gasteiger partial charge in [-0.25, -0.2) is 4.98 Å². The number of rotatable bonds is 5. The lowest BCUT2D eigenvalue weighted by Crippen LogP contribution is -2.24. The minimum absolute atomic E-state index is 0.114. The molecule has 1 heterocycles. The van der Waals surface area contributed by atoms with Crippen molar-refractivity contribution < 1.29 is 27.4 Å². The van der Waals surface area contributed by atoms with Crippen LogP contribution >= 0.6 is 0 Å². The molecular weight excluding hydrogens is 313 g/mol. The van der Waals surface area contributed by atoms with Crippen LogP contribution in [-0.4, -0.2) is 24.4 Å². The molecule has 1 amide bonds. The number of carbonyl (C=O) groups is 1. The molecule has 0 fully saturated rings. The predicted octanol–water partition coefficient (Wildman–Crippen LogP) is 2.92. The van der Waals surface area contributed by atoms with Crippen LogP contribution in [0.2, 0.25) is 0 Å². The topological polar surface area (TPSA) is 60.5 Å². The van der Waals surface area contributed by atoms with Gasteiger partial charge in [-0.05, 0) is 12.1 Å². The third-order valence-corrected chi connectivity index (χ3v) is 2.85. The van der Waals surface area contributed by atoms with Crippen molar-refractivity contribution in [3.63, 3.8) is 0 Å². The monoisotopic (exact) mass is 326 g/mol. The average molecular weight is 326 g/mol. The summed E-state index contributed by atoms with van der Waals surface area (Å²) in [6, 6.07) is 8.60. The zero-order valence-corrected chi connectivity index (χ0v) is 12.1. The van der Waals surface area contributed by atoms with Gasteiger partial charge < -0.3 is 14.8 Å². The van der Waals surface area contributed by atoms with Crippen molar-refractivity contribution in [1.29, 1.82) is 0 Å². The molecule has 2 aromatic rings. The Morgan fingerprint density at radius 2 is 1.96 bits per heavy atom. The quantitative estimate of drug-likeness (QED) is 0.918. The Morgan fingerprint density at radius 1 is 1.22 bits per heavy atom. The van der Waals surface area contributed by atoms with Gasteiger partial charge in [0.2, 0.25) is 5.88 Å². The summed E-state index contributed by atoms with van der Waals surface area (Å²) in [5.41, 5.74) is 0.472. The average Bonchev–Trinajstić information content (AvgIpc) is 2.52. The maximum atomic E-state index is 12.3. The first-order valence-corrected chi connectivity index (χ1v) is 6.51. The molecule has 1 aromatic carbocycles. The van der Waals surface area contributed by atoms with E-state index in [1.165, 1.54) is 43.6 Å². The summed E-state index contributed by atoms with van der Waals surface area (Å²) in [4.78, 5) is 15.8. The van der Waals surface area contributed by atoms with Crippen LogP contribution in [0.5, 0.6) is 11.6 Å². The second-order valence-corrected chi connectivity index (χ2v) is 4.43. The maximum Gasteiger partial charge on any atom is 0.573 e. The Bertz CT molecular complexity index is 672. The van der Waals surface area contributed by atoms with Crippen molar-refractivity contribution in [2.45, 2.75) is 12.9 Å². The van der Waals surface area contributed by atoms with Gasteiger partial charge in [0.15, 0.2) is 0 Å². The number of alkyl halides is 3. The lowest BCUT2D eigenvalue weighted by Gasteiger charge is -2.13. The van der Waals surface area contributed by atoms with Crippen molar-refractivity contribution >= 4 is 5.91 Å². The standard InChI is InChI=1S/C15H13F3N2O3/c1-22-13-7-6-11(9-19-13)14(21)20-8-10-4-2-3-5-12(10)23-15(16,17)18/h2-7,9H,8H2,1H3,(H,20,21). The van der Waals surface area contributed by atoms with Gasteiger partial charge in [-0.3, -0.25) is 4.79 Å². The summed E-state index contributed by atoms with van der Waals surface area (Å²) in [6.07, 6.45) is -3.48. The Kier molecular flexibility index (Phi) is 5.05.